The molecule has 1 N–H and O–H groups in total. The smallest absolute Gasteiger partial charge is 0.270 e. The minimum Gasteiger partial charge on any atom is -0.497 e. The molecule has 2 atom stereocenters. The number of methoxy groups -OCH3 is 2. The standard InChI is InChI=1S/C26H22N4O5S/c1-33-18-9-10-22(34-2)20(15-18)29-25(24(28-26(29)36)19-8-3-4-13-27-19)23-12-11-21(35-23)16-6-5-7-17(14-16)30(31)32/h3-15,24-25H,1-2H3,(H,28,36)/t24-,25+/m0/s1. The molecule has 0 radical (unpaired) electrons. The van der Waals surface area contributed by atoms with Gasteiger partial charge in [-0.1, -0.05) is 18.2 Å². The van der Waals surface area contributed by atoms with Crippen LogP contribution in [-0.2, 0) is 0 Å². The largest absolute Gasteiger partial charge is 0.497 e. The van der Waals surface area contributed by atoms with Crippen LogP contribution >= 0.6 is 12.2 Å². The van der Waals surface area contributed by atoms with E-state index in [9.17, 15) is 10.1 Å². The topological polar surface area (TPSA) is 103 Å². The van der Waals surface area contributed by atoms with E-state index in [0.717, 1.165) is 5.69 Å². The van der Waals surface area contributed by atoms with Crippen molar-refractivity contribution in [3.05, 3.63) is 101 Å². The molecule has 3 heterocycles. The number of rotatable bonds is 7. The summed E-state index contributed by atoms with van der Waals surface area (Å²) in [6.45, 7) is 0. The molecule has 9 nitrogen and oxygen atoms in total. The normalized spacial score (nSPS) is 17.1. The first-order chi connectivity index (χ1) is 17.5. The fraction of sp³-hybridized carbons (Fsp3) is 0.154. The summed E-state index contributed by atoms with van der Waals surface area (Å²) in [5.74, 6) is 2.36. The lowest BCUT2D eigenvalue weighted by Gasteiger charge is -2.27. The lowest BCUT2D eigenvalue weighted by Crippen LogP contribution is -2.29. The molecule has 2 aromatic carbocycles. The molecule has 1 aliphatic heterocycles. The molecule has 4 aromatic rings. The summed E-state index contributed by atoms with van der Waals surface area (Å²) in [6.07, 6.45) is 1.72. The van der Waals surface area contributed by atoms with E-state index in [1.807, 2.05) is 47.4 Å². The average molecular weight is 503 g/mol. The van der Waals surface area contributed by atoms with Crippen LogP contribution in [0.3, 0.4) is 0 Å². The first-order valence-corrected chi connectivity index (χ1v) is 11.5. The number of nitro benzene ring substituents is 1. The molecule has 0 bridgehead atoms. The van der Waals surface area contributed by atoms with Crippen molar-refractivity contribution in [3.8, 4) is 22.8 Å². The second-order valence-electron chi connectivity index (χ2n) is 8.04. The van der Waals surface area contributed by atoms with Crippen LogP contribution in [0.2, 0.25) is 0 Å². The van der Waals surface area contributed by atoms with Crippen LogP contribution in [0.4, 0.5) is 11.4 Å². The van der Waals surface area contributed by atoms with Gasteiger partial charge in [-0.3, -0.25) is 15.1 Å². The van der Waals surface area contributed by atoms with Crippen molar-refractivity contribution in [2.75, 3.05) is 19.1 Å². The van der Waals surface area contributed by atoms with Crippen molar-refractivity contribution in [2.45, 2.75) is 12.1 Å². The minimum absolute atomic E-state index is 0.0109. The highest BCUT2D eigenvalue weighted by molar-refractivity contribution is 7.80. The van der Waals surface area contributed by atoms with E-state index in [0.29, 0.717) is 39.4 Å². The Kier molecular flexibility index (Phi) is 6.26. The number of furan rings is 1. The van der Waals surface area contributed by atoms with Crippen LogP contribution in [0.1, 0.15) is 23.5 Å². The SMILES string of the molecule is COc1ccc(OC)c(N2C(=S)N[C@@H](c3ccccn3)[C@H]2c2ccc(-c3cccc([N+](=O)[O-])c3)o2)c1. The van der Waals surface area contributed by atoms with Gasteiger partial charge in [-0.05, 0) is 48.6 Å². The summed E-state index contributed by atoms with van der Waals surface area (Å²) >= 11 is 5.78. The number of hydrogen-bond donors (Lipinski definition) is 1. The van der Waals surface area contributed by atoms with Crippen molar-refractivity contribution in [2.24, 2.45) is 0 Å². The second kappa shape index (κ2) is 9.67. The molecule has 0 unspecified atom stereocenters. The van der Waals surface area contributed by atoms with Crippen LogP contribution in [0.15, 0.2) is 83.4 Å². The van der Waals surface area contributed by atoms with Crippen molar-refractivity contribution in [3.63, 3.8) is 0 Å². The van der Waals surface area contributed by atoms with Gasteiger partial charge in [0.25, 0.3) is 5.69 Å². The lowest BCUT2D eigenvalue weighted by molar-refractivity contribution is -0.384. The third-order valence-corrected chi connectivity index (χ3v) is 6.32. The number of benzene rings is 2. The number of anilines is 1. The zero-order valence-electron chi connectivity index (χ0n) is 19.5. The maximum absolute atomic E-state index is 11.3. The zero-order chi connectivity index (χ0) is 25.2. The molecule has 5 rings (SSSR count). The molecule has 0 saturated carbocycles. The van der Waals surface area contributed by atoms with E-state index in [1.54, 1.807) is 38.6 Å². The molecule has 1 fully saturated rings. The van der Waals surface area contributed by atoms with Crippen LogP contribution in [0.5, 0.6) is 11.5 Å². The number of ether oxygens (including phenoxy) is 2. The Balaban J connectivity index is 1.63. The highest BCUT2D eigenvalue weighted by Gasteiger charge is 2.43. The number of pyridine rings is 1. The van der Waals surface area contributed by atoms with E-state index in [-0.39, 0.29) is 11.7 Å². The molecule has 10 heteroatoms. The third-order valence-electron chi connectivity index (χ3n) is 6.00. The molecular formula is C26H22N4O5S. The highest BCUT2D eigenvalue weighted by atomic mass is 32.1. The van der Waals surface area contributed by atoms with Crippen molar-refractivity contribution in [1.82, 2.24) is 10.3 Å². The summed E-state index contributed by atoms with van der Waals surface area (Å²) < 4.78 is 17.4. The molecule has 0 spiro atoms. The van der Waals surface area contributed by atoms with E-state index in [2.05, 4.69) is 10.3 Å². The molecule has 0 aliphatic carbocycles. The lowest BCUT2D eigenvalue weighted by atomic mass is 10.0. The Bertz CT molecular complexity index is 1420. The zero-order valence-corrected chi connectivity index (χ0v) is 20.3. The first kappa shape index (κ1) is 23.3. The molecule has 36 heavy (non-hydrogen) atoms. The molecule has 0 amide bonds. The van der Waals surface area contributed by atoms with Gasteiger partial charge in [0.05, 0.1) is 36.6 Å². The first-order valence-electron chi connectivity index (χ1n) is 11.1. The van der Waals surface area contributed by atoms with Gasteiger partial charge in [-0.2, -0.15) is 0 Å². The number of nitrogens with one attached hydrogen (secondary N) is 1. The second-order valence-corrected chi connectivity index (χ2v) is 8.43. The van der Waals surface area contributed by atoms with Crippen molar-refractivity contribution >= 4 is 28.7 Å². The van der Waals surface area contributed by atoms with Gasteiger partial charge < -0.3 is 24.1 Å². The number of aromatic nitrogens is 1. The number of thiocarbonyl (C=S) groups is 1. The van der Waals surface area contributed by atoms with Gasteiger partial charge in [0.1, 0.15) is 29.1 Å². The summed E-state index contributed by atoms with van der Waals surface area (Å²) in [5.41, 5.74) is 2.07. The van der Waals surface area contributed by atoms with Crippen LogP contribution in [0.25, 0.3) is 11.3 Å². The van der Waals surface area contributed by atoms with Gasteiger partial charge in [0.2, 0.25) is 0 Å². The molecule has 2 aromatic heterocycles. The predicted molar refractivity (Wildman–Crippen MR) is 138 cm³/mol. The summed E-state index contributed by atoms with van der Waals surface area (Å²) in [4.78, 5) is 17.3. The van der Waals surface area contributed by atoms with Gasteiger partial charge in [-0.25, -0.2) is 0 Å². The summed E-state index contributed by atoms with van der Waals surface area (Å²) in [5, 5.41) is 15.1. The van der Waals surface area contributed by atoms with Gasteiger partial charge in [-0.15, -0.1) is 0 Å². The number of non-ortho nitro benzene ring substituents is 1. The fourth-order valence-corrected chi connectivity index (χ4v) is 4.67. The number of hydrogen-bond acceptors (Lipinski definition) is 7. The Hall–Kier alpha value is -4.44. The number of nitro groups is 1. The van der Waals surface area contributed by atoms with Crippen LogP contribution in [0, 0.1) is 10.1 Å². The van der Waals surface area contributed by atoms with Crippen molar-refractivity contribution in [1.29, 1.82) is 0 Å². The highest BCUT2D eigenvalue weighted by Crippen LogP contribution is 2.46. The van der Waals surface area contributed by atoms with Gasteiger partial charge in [0.15, 0.2) is 5.11 Å². The Morgan fingerprint density at radius 2 is 1.92 bits per heavy atom. The Labute approximate surface area is 212 Å². The predicted octanol–water partition coefficient (Wildman–Crippen LogP) is 5.44. The van der Waals surface area contributed by atoms with Crippen molar-refractivity contribution < 1.29 is 18.8 Å². The molecule has 1 saturated heterocycles. The van der Waals surface area contributed by atoms with Crippen LogP contribution < -0.4 is 19.7 Å². The fourth-order valence-electron chi connectivity index (χ4n) is 4.33. The number of nitrogens with zero attached hydrogens (tertiary/aromatic N) is 3. The molecular weight excluding hydrogens is 480 g/mol. The maximum Gasteiger partial charge on any atom is 0.270 e. The molecule has 182 valence electrons. The average Bonchev–Trinajstić information content (AvgIpc) is 3.53. The summed E-state index contributed by atoms with van der Waals surface area (Å²) in [7, 11) is 3.19. The quantitative estimate of drug-likeness (QED) is 0.201. The van der Waals surface area contributed by atoms with E-state index in [1.165, 1.54) is 12.1 Å². The van der Waals surface area contributed by atoms with Crippen LogP contribution in [-0.4, -0.2) is 29.2 Å². The van der Waals surface area contributed by atoms with E-state index >= 15 is 0 Å². The Morgan fingerprint density at radius 3 is 2.64 bits per heavy atom. The minimum atomic E-state index is -0.430. The van der Waals surface area contributed by atoms with E-state index < -0.39 is 11.0 Å². The van der Waals surface area contributed by atoms with E-state index in [4.69, 9.17) is 26.1 Å². The molecule has 1 aliphatic rings. The van der Waals surface area contributed by atoms with Gasteiger partial charge in [0, 0.05) is 30.0 Å². The third kappa shape index (κ3) is 4.22. The van der Waals surface area contributed by atoms with Gasteiger partial charge >= 0.3 is 0 Å². The monoisotopic (exact) mass is 502 g/mol. The summed E-state index contributed by atoms with van der Waals surface area (Å²) in [6, 6.07) is 20.4. The maximum atomic E-state index is 11.3. The Morgan fingerprint density at radius 1 is 1.06 bits per heavy atom.